The highest BCUT2D eigenvalue weighted by Gasteiger charge is 2.08. The summed E-state index contributed by atoms with van der Waals surface area (Å²) in [5, 5.41) is 0. The van der Waals surface area contributed by atoms with Crippen LogP contribution in [0.1, 0.15) is 18.8 Å². The lowest BCUT2D eigenvalue weighted by Gasteiger charge is -1.96. The van der Waals surface area contributed by atoms with Gasteiger partial charge in [-0.15, -0.1) is 0 Å². The highest BCUT2D eigenvalue weighted by atomic mass is 19.1. The van der Waals surface area contributed by atoms with Gasteiger partial charge in [-0.3, -0.25) is 0 Å². The number of benzene rings is 1. The molecule has 1 heterocycles. The lowest BCUT2D eigenvalue weighted by atomic mass is 10.3. The normalized spacial score (nSPS) is 13.5. The Morgan fingerprint density at radius 3 is 2.92 bits per heavy atom. The van der Waals surface area contributed by atoms with Gasteiger partial charge in [-0.2, -0.15) is 0 Å². The number of para-hydroxylation sites is 1. The van der Waals surface area contributed by atoms with Gasteiger partial charge in [-0.1, -0.05) is 6.07 Å². The fourth-order valence-corrected chi connectivity index (χ4v) is 1.23. The molecule has 0 spiro atoms. The van der Waals surface area contributed by atoms with Gasteiger partial charge in [0.2, 0.25) is 0 Å². The number of halogens is 1. The van der Waals surface area contributed by atoms with Crippen molar-refractivity contribution in [1.82, 2.24) is 9.97 Å². The zero-order chi connectivity index (χ0) is 9.42. The minimum atomic E-state index is -0.319. The fraction of sp³-hybridized carbons (Fsp3) is 0.222. The quantitative estimate of drug-likeness (QED) is 0.700. The minimum Gasteiger partial charge on any atom is -0.341 e. The van der Waals surface area contributed by atoms with Gasteiger partial charge in [-0.05, 0) is 19.1 Å². The molecule has 1 atom stereocenters. The van der Waals surface area contributed by atoms with Gasteiger partial charge in [0.1, 0.15) is 11.3 Å². The van der Waals surface area contributed by atoms with Gasteiger partial charge in [0.05, 0.1) is 11.6 Å². The molecule has 2 rings (SSSR count). The molecule has 3 N–H and O–H groups in total. The van der Waals surface area contributed by atoms with E-state index in [-0.39, 0.29) is 11.9 Å². The topological polar surface area (TPSA) is 54.7 Å². The molecule has 0 aliphatic heterocycles. The van der Waals surface area contributed by atoms with E-state index in [0.29, 0.717) is 16.9 Å². The van der Waals surface area contributed by atoms with Crippen molar-refractivity contribution < 1.29 is 4.39 Å². The van der Waals surface area contributed by atoms with E-state index in [1.54, 1.807) is 19.1 Å². The number of aromatic nitrogens is 2. The number of nitrogens with two attached hydrogens (primary N) is 1. The maximum atomic E-state index is 13.1. The zero-order valence-corrected chi connectivity index (χ0v) is 7.21. The summed E-state index contributed by atoms with van der Waals surface area (Å²) >= 11 is 0. The van der Waals surface area contributed by atoms with Crippen molar-refractivity contribution in [2.24, 2.45) is 5.73 Å². The molecular weight excluding hydrogens is 169 g/mol. The van der Waals surface area contributed by atoms with Crippen molar-refractivity contribution in [1.29, 1.82) is 0 Å². The number of H-pyrrole nitrogens is 1. The largest absolute Gasteiger partial charge is 0.341 e. The predicted molar refractivity (Wildman–Crippen MR) is 48.7 cm³/mol. The van der Waals surface area contributed by atoms with E-state index in [1.165, 1.54) is 6.07 Å². The van der Waals surface area contributed by atoms with Crippen LogP contribution in [0.2, 0.25) is 0 Å². The van der Waals surface area contributed by atoms with Crippen LogP contribution in [0.25, 0.3) is 11.0 Å². The highest BCUT2D eigenvalue weighted by molar-refractivity contribution is 5.75. The molecule has 13 heavy (non-hydrogen) atoms. The molecular formula is C9H10FN3. The van der Waals surface area contributed by atoms with Crippen molar-refractivity contribution >= 4 is 11.0 Å². The van der Waals surface area contributed by atoms with Crippen molar-refractivity contribution in [2.45, 2.75) is 13.0 Å². The Morgan fingerprint density at radius 1 is 1.54 bits per heavy atom. The van der Waals surface area contributed by atoms with Gasteiger partial charge < -0.3 is 10.7 Å². The molecule has 3 nitrogen and oxygen atoms in total. The first-order valence-corrected chi connectivity index (χ1v) is 4.08. The first-order valence-electron chi connectivity index (χ1n) is 4.08. The molecule has 0 fully saturated rings. The molecule has 0 saturated heterocycles. The second-order valence-corrected chi connectivity index (χ2v) is 3.05. The third-order valence-electron chi connectivity index (χ3n) is 1.91. The molecule has 0 aliphatic carbocycles. The molecule has 0 saturated carbocycles. The lowest BCUT2D eigenvalue weighted by molar-refractivity contribution is 0.636. The van der Waals surface area contributed by atoms with E-state index >= 15 is 0 Å². The monoisotopic (exact) mass is 179 g/mol. The van der Waals surface area contributed by atoms with Crippen LogP contribution < -0.4 is 5.73 Å². The Labute approximate surface area is 74.8 Å². The molecule has 4 heteroatoms. The molecule has 0 bridgehead atoms. The Kier molecular flexibility index (Phi) is 1.77. The summed E-state index contributed by atoms with van der Waals surface area (Å²) in [4.78, 5) is 7.02. The van der Waals surface area contributed by atoms with Gasteiger partial charge in [-0.25, -0.2) is 9.37 Å². The van der Waals surface area contributed by atoms with Gasteiger partial charge in [0.15, 0.2) is 5.82 Å². The Balaban J connectivity index is 2.68. The van der Waals surface area contributed by atoms with Gasteiger partial charge >= 0.3 is 0 Å². The second-order valence-electron chi connectivity index (χ2n) is 3.05. The number of hydrogen-bond acceptors (Lipinski definition) is 2. The predicted octanol–water partition coefficient (Wildman–Crippen LogP) is 1.72. The summed E-state index contributed by atoms with van der Waals surface area (Å²) in [6.07, 6.45) is 0. The number of nitrogens with one attached hydrogen (secondary N) is 1. The van der Waals surface area contributed by atoms with E-state index in [2.05, 4.69) is 9.97 Å². The van der Waals surface area contributed by atoms with E-state index < -0.39 is 0 Å². The second kappa shape index (κ2) is 2.81. The molecule has 1 aromatic heterocycles. The Hall–Kier alpha value is -1.42. The van der Waals surface area contributed by atoms with E-state index in [4.69, 9.17) is 5.73 Å². The van der Waals surface area contributed by atoms with Crippen LogP contribution >= 0.6 is 0 Å². The SMILES string of the molecule is C[C@@H](N)c1nc2c(F)cccc2[nH]1. The maximum Gasteiger partial charge on any atom is 0.151 e. The van der Waals surface area contributed by atoms with Crippen LogP contribution in [0.3, 0.4) is 0 Å². The first-order chi connectivity index (χ1) is 6.18. The first kappa shape index (κ1) is 8.19. The Morgan fingerprint density at radius 2 is 2.31 bits per heavy atom. The number of fused-ring (bicyclic) bond motifs is 1. The number of rotatable bonds is 1. The summed E-state index contributed by atoms with van der Waals surface area (Å²) in [6.45, 7) is 1.80. The van der Waals surface area contributed by atoms with Crippen LogP contribution in [0.15, 0.2) is 18.2 Å². The number of hydrogen-bond donors (Lipinski definition) is 2. The third kappa shape index (κ3) is 1.29. The van der Waals surface area contributed by atoms with Crippen LogP contribution in [-0.4, -0.2) is 9.97 Å². The molecule has 0 radical (unpaired) electrons. The molecule has 0 aliphatic rings. The minimum absolute atomic E-state index is 0.202. The van der Waals surface area contributed by atoms with E-state index in [1.807, 2.05) is 0 Å². The molecule has 0 amide bonds. The molecule has 68 valence electrons. The average Bonchev–Trinajstić information content (AvgIpc) is 2.49. The van der Waals surface area contributed by atoms with Crippen molar-refractivity contribution in [3.05, 3.63) is 29.8 Å². The van der Waals surface area contributed by atoms with Crippen molar-refractivity contribution in [3.8, 4) is 0 Å². The number of aromatic amines is 1. The zero-order valence-electron chi connectivity index (χ0n) is 7.21. The number of nitrogens with zero attached hydrogens (tertiary/aromatic N) is 1. The van der Waals surface area contributed by atoms with Crippen LogP contribution in [0.4, 0.5) is 4.39 Å². The van der Waals surface area contributed by atoms with Crippen LogP contribution in [0, 0.1) is 5.82 Å². The lowest BCUT2D eigenvalue weighted by Crippen LogP contribution is -2.06. The smallest absolute Gasteiger partial charge is 0.151 e. The summed E-state index contributed by atoms with van der Waals surface area (Å²) < 4.78 is 13.1. The van der Waals surface area contributed by atoms with Gasteiger partial charge in [0, 0.05) is 0 Å². The molecule has 1 aromatic carbocycles. The highest BCUT2D eigenvalue weighted by Crippen LogP contribution is 2.16. The van der Waals surface area contributed by atoms with Gasteiger partial charge in [0.25, 0.3) is 0 Å². The molecule has 0 unspecified atom stereocenters. The number of imidazole rings is 1. The Bertz CT molecular complexity index is 433. The summed E-state index contributed by atoms with van der Waals surface area (Å²) in [5.74, 6) is 0.292. The maximum absolute atomic E-state index is 13.1. The van der Waals surface area contributed by atoms with Crippen molar-refractivity contribution in [3.63, 3.8) is 0 Å². The van der Waals surface area contributed by atoms with Crippen molar-refractivity contribution in [2.75, 3.05) is 0 Å². The van der Waals surface area contributed by atoms with Crippen LogP contribution in [-0.2, 0) is 0 Å². The summed E-state index contributed by atoms with van der Waals surface area (Å²) in [7, 11) is 0. The average molecular weight is 179 g/mol. The molecule has 2 aromatic rings. The summed E-state index contributed by atoms with van der Waals surface area (Å²) in [5.41, 5.74) is 6.66. The fourth-order valence-electron chi connectivity index (χ4n) is 1.23. The van der Waals surface area contributed by atoms with E-state index in [9.17, 15) is 4.39 Å². The third-order valence-corrected chi connectivity index (χ3v) is 1.91. The summed E-state index contributed by atoms with van der Waals surface area (Å²) in [6, 6.07) is 4.60. The van der Waals surface area contributed by atoms with Crippen LogP contribution in [0.5, 0.6) is 0 Å². The van der Waals surface area contributed by atoms with E-state index in [0.717, 1.165) is 0 Å². The standard InChI is InChI=1S/C9H10FN3/c1-5(11)9-12-7-4-2-3-6(10)8(7)13-9/h2-5H,11H2,1H3,(H,12,13)/t5-/m1/s1.